The van der Waals surface area contributed by atoms with E-state index in [1.54, 1.807) is 12.4 Å². The summed E-state index contributed by atoms with van der Waals surface area (Å²) < 4.78 is 2.11. The fourth-order valence-electron chi connectivity index (χ4n) is 1.08. The van der Waals surface area contributed by atoms with Crippen LogP contribution >= 0.6 is 22.6 Å². The number of aromatic nitrogens is 4. The van der Waals surface area contributed by atoms with Crippen molar-refractivity contribution < 1.29 is 9.90 Å². The molecule has 0 aliphatic rings. The summed E-state index contributed by atoms with van der Waals surface area (Å²) >= 11 is 2.06. The summed E-state index contributed by atoms with van der Waals surface area (Å²) in [5, 5.41) is 12.5. The molecule has 7 nitrogen and oxygen atoms in total. The number of carboxylic acids is 1. The van der Waals surface area contributed by atoms with Crippen molar-refractivity contribution in [3.05, 3.63) is 27.9 Å². The maximum atomic E-state index is 10.7. The molecule has 0 atom stereocenters. The van der Waals surface area contributed by atoms with Crippen molar-refractivity contribution in [1.29, 1.82) is 0 Å². The molecule has 16 heavy (non-hydrogen) atoms. The lowest BCUT2D eigenvalue weighted by Crippen LogP contribution is -2.04. The van der Waals surface area contributed by atoms with Crippen LogP contribution in [0.25, 0.3) is 5.95 Å². The molecule has 0 unspecified atom stereocenters. The summed E-state index contributed by atoms with van der Waals surface area (Å²) in [5.74, 6) is -0.902. The van der Waals surface area contributed by atoms with E-state index in [4.69, 9.17) is 10.8 Å². The Morgan fingerprint density at radius 3 is 2.56 bits per heavy atom. The van der Waals surface area contributed by atoms with Crippen molar-refractivity contribution in [3.8, 4) is 5.95 Å². The maximum Gasteiger partial charge on any atom is 0.358 e. The van der Waals surface area contributed by atoms with Gasteiger partial charge in [-0.2, -0.15) is 5.10 Å². The highest BCUT2D eigenvalue weighted by atomic mass is 127. The molecule has 8 heteroatoms. The summed E-state index contributed by atoms with van der Waals surface area (Å²) in [4.78, 5) is 18.7. The minimum Gasteiger partial charge on any atom is -0.476 e. The second kappa shape index (κ2) is 4.04. The van der Waals surface area contributed by atoms with Gasteiger partial charge in [-0.15, -0.1) is 0 Å². The van der Waals surface area contributed by atoms with Gasteiger partial charge in [-0.3, -0.25) is 0 Å². The van der Waals surface area contributed by atoms with E-state index in [2.05, 4.69) is 37.7 Å². The smallest absolute Gasteiger partial charge is 0.358 e. The quantitative estimate of drug-likeness (QED) is 0.778. The number of nitrogens with two attached hydrogens (primary N) is 1. The number of nitrogens with zero attached hydrogens (tertiary/aromatic N) is 4. The predicted molar refractivity (Wildman–Crippen MR) is 63.2 cm³/mol. The normalized spacial score (nSPS) is 10.3. The van der Waals surface area contributed by atoms with Crippen LogP contribution in [0.3, 0.4) is 0 Å². The molecule has 2 rings (SSSR count). The molecule has 2 heterocycles. The zero-order chi connectivity index (χ0) is 11.7. The molecule has 82 valence electrons. The van der Waals surface area contributed by atoms with Gasteiger partial charge in [0, 0.05) is 16.0 Å². The van der Waals surface area contributed by atoms with Gasteiger partial charge < -0.3 is 10.8 Å². The SMILES string of the molecule is Nc1cn(-c2ncc(I)cn2)nc1C(=O)O. The Morgan fingerprint density at radius 1 is 1.44 bits per heavy atom. The number of nitrogen functional groups attached to an aromatic ring is 1. The minimum atomic E-state index is -1.18. The van der Waals surface area contributed by atoms with Crippen molar-refractivity contribution in [2.45, 2.75) is 0 Å². The van der Waals surface area contributed by atoms with Crippen molar-refractivity contribution in [3.63, 3.8) is 0 Å². The molecule has 0 spiro atoms. The highest BCUT2D eigenvalue weighted by molar-refractivity contribution is 14.1. The fraction of sp³-hybridized carbons (Fsp3) is 0. The van der Waals surface area contributed by atoms with E-state index in [0.717, 1.165) is 3.57 Å². The van der Waals surface area contributed by atoms with Crippen LogP contribution < -0.4 is 5.73 Å². The van der Waals surface area contributed by atoms with E-state index in [1.165, 1.54) is 10.9 Å². The molecular formula is C8H6IN5O2. The Kier molecular flexibility index (Phi) is 2.73. The van der Waals surface area contributed by atoms with E-state index >= 15 is 0 Å². The number of halogens is 1. The molecular weight excluding hydrogens is 325 g/mol. The van der Waals surface area contributed by atoms with Gasteiger partial charge in [-0.05, 0) is 22.6 Å². The third-order valence-corrected chi connectivity index (χ3v) is 2.31. The molecule has 0 radical (unpaired) electrons. The highest BCUT2D eigenvalue weighted by Gasteiger charge is 2.14. The number of rotatable bonds is 2. The van der Waals surface area contributed by atoms with Crippen LogP contribution in [0.15, 0.2) is 18.6 Å². The zero-order valence-electron chi connectivity index (χ0n) is 7.83. The summed E-state index contributed by atoms with van der Waals surface area (Å²) in [6.45, 7) is 0. The maximum absolute atomic E-state index is 10.7. The first-order valence-electron chi connectivity index (χ1n) is 4.14. The number of hydrogen-bond donors (Lipinski definition) is 2. The van der Waals surface area contributed by atoms with E-state index in [1.807, 2.05) is 0 Å². The van der Waals surface area contributed by atoms with Gasteiger partial charge in [0.05, 0.1) is 11.9 Å². The zero-order valence-corrected chi connectivity index (χ0v) is 9.99. The molecule has 0 bridgehead atoms. The topological polar surface area (TPSA) is 107 Å². The predicted octanol–water partition coefficient (Wildman–Crippen LogP) is 0.547. The summed E-state index contributed by atoms with van der Waals surface area (Å²) in [6.07, 6.45) is 4.56. The van der Waals surface area contributed by atoms with Gasteiger partial charge in [-0.1, -0.05) is 0 Å². The number of anilines is 1. The average molecular weight is 331 g/mol. The van der Waals surface area contributed by atoms with Crippen molar-refractivity contribution >= 4 is 34.2 Å². The van der Waals surface area contributed by atoms with Crippen LogP contribution in [0, 0.1) is 3.57 Å². The molecule has 0 aliphatic heterocycles. The first-order valence-corrected chi connectivity index (χ1v) is 5.22. The minimum absolute atomic E-state index is 0.0784. The van der Waals surface area contributed by atoms with Gasteiger partial charge in [0.1, 0.15) is 0 Å². The first kappa shape index (κ1) is 10.8. The summed E-state index contributed by atoms with van der Waals surface area (Å²) in [5.41, 5.74) is 5.36. The van der Waals surface area contributed by atoms with Crippen LogP contribution in [0.2, 0.25) is 0 Å². The molecule has 0 aromatic carbocycles. The molecule has 0 aliphatic carbocycles. The lowest BCUT2D eigenvalue weighted by Gasteiger charge is -1.97. The largest absolute Gasteiger partial charge is 0.476 e. The third-order valence-electron chi connectivity index (χ3n) is 1.76. The number of carboxylic acid groups (broad SMARTS) is 1. The van der Waals surface area contributed by atoms with E-state index in [0.29, 0.717) is 0 Å². The molecule has 0 saturated carbocycles. The Morgan fingerprint density at radius 2 is 2.06 bits per heavy atom. The first-order chi connectivity index (χ1) is 7.58. The van der Waals surface area contributed by atoms with Crippen molar-refractivity contribution in [2.75, 3.05) is 5.73 Å². The van der Waals surface area contributed by atoms with Crippen molar-refractivity contribution in [1.82, 2.24) is 19.7 Å². The van der Waals surface area contributed by atoms with Gasteiger partial charge >= 0.3 is 5.97 Å². The highest BCUT2D eigenvalue weighted by Crippen LogP contribution is 2.11. The van der Waals surface area contributed by atoms with E-state index in [9.17, 15) is 4.79 Å². The number of aromatic carboxylic acids is 1. The van der Waals surface area contributed by atoms with E-state index in [-0.39, 0.29) is 17.3 Å². The molecule has 0 fully saturated rings. The number of carbonyl (C=O) groups is 1. The molecule has 0 saturated heterocycles. The van der Waals surface area contributed by atoms with Crippen LogP contribution in [0.5, 0.6) is 0 Å². The summed E-state index contributed by atoms with van der Waals surface area (Å²) in [7, 11) is 0. The van der Waals surface area contributed by atoms with Gasteiger partial charge in [0.25, 0.3) is 5.95 Å². The fourth-order valence-corrected chi connectivity index (χ4v) is 1.36. The van der Waals surface area contributed by atoms with Crippen LogP contribution in [-0.4, -0.2) is 30.8 Å². The average Bonchev–Trinajstić information content (AvgIpc) is 2.61. The second-order valence-electron chi connectivity index (χ2n) is 2.88. The van der Waals surface area contributed by atoms with Crippen molar-refractivity contribution in [2.24, 2.45) is 0 Å². The Bertz CT molecular complexity index is 536. The Labute approximate surface area is 103 Å². The lowest BCUT2D eigenvalue weighted by molar-refractivity contribution is 0.0691. The molecule has 0 amide bonds. The van der Waals surface area contributed by atoms with Crippen LogP contribution in [0.1, 0.15) is 10.5 Å². The Hall–Kier alpha value is -1.71. The molecule has 2 aromatic rings. The monoisotopic (exact) mass is 331 g/mol. The second-order valence-corrected chi connectivity index (χ2v) is 4.13. The number of hydrogen-bond acceptors (Lipinski definition) is 5. The van der Waals surface area contributed by atoms with Crippen LogP contribution in [-0.2, 0) is 0 Å². The van der Waals surface area contributed by atoms with Crippen LogP contribution in [0.4, 0.5) is 5.69 Å². The van der Waals surface area contributed by atoms with Gasteiger partial charge in [0.2, 0.25) is 0 Å². The standard InChI is InChI=1S/C8H6IN5O2/c9-4-1-11-8(12-2-4)14-3-5(10)6(13-14)7(15)16/h1-3H,10H2,(H,15,16). The van der Waals surface area contributed by atoms with Gasteiger partial charge in [0.15, 0.2) is 5.69 Å². The summed E-state index contributed by atoms with van der Waals surface area (Å²) in [6, 6.07) is 0. The molecule has 2 aromatic heterocycles. The lowest BCUT2D eigenvalue weighted by atomic mass is 10.4. The third kappa shape index (κ3) is 1.96. The Balaban J connectivity index is 2.45. The van der Waals surface area contributed by atoms with E-state index < -0.39 is 5.97 Å². The molecule has 3 N–H and O–H groups in total. The van der Waals surface area contributed by atoms with Gasteiger partial charge in [-0.25, -0.2) is 19.4 Å².